The molecule has 0 bridgehead atoms. The van der Waals surface area contributed by atoms with Gasteiger partial charge in [0.2, 0.25) is 5.91 Å². The van der Waals surface area contributed by atoms with Crippen LogP contribution in [0.3, 0.4) is 0 Å². The Morgan fingerprint density at radius 3 is 2.33 bits per heavy atom. The van der Waals surface area contributed by atoms with E-state index >= 15 is 0 Å². The minimum absolute atomic E-state index is 0.00365. The molecule has 1 N–H and O–H groups in total. The third-order valence-corrected chi connectivity index (χ3v) is 3.96. The van der Waals surface area contributed by atoms with Gasteiger partial charge in [0.15, 0.2) is 0 Å². The second-order valence-corrected chi connectivity index (χ2v) is 5.97. The number of hydrogen-bond acceptors (Lipinski definition) is 2. The van der Waals surface area contributed by atoms with Gasteiger partial charge in [0.1, 0.15) is 0 Å². The van der Waals surface area contributed by atoms with Crippen molar-refractivity contribution in [2.24, 2.45) is 0 Å². The zero-order valence-electron chi connectivity index (χ0n) is 14.5. The van der Waals surface area contributed by atoms with Crippen molar-refractivity contribution in [3.05, 3.63) is 70.8 Å². The molecule has 2 aromatic carbocycles. The molecule has 0 aliphatic carbocycles. The van der Waals surface area contributed by atoms with Gasteiger partial charge in [-0.3, -0.25) is 9.59 Å². The number of carbonyl (C=O) groups excluding carboxylic acids is 2. The Bertz CT molecular complexity index is 708. The average Bonchev–Trinajstić information content (AvgIpc) is 2.60. The van der Waals surface area contributed by atoms with E-state index in [1.54, 1.807) is 24.1 Å². The standard InChI is InChI=1S/C20H24N2O2/c1-4-16-8-10-17(11-9-16)14-22(3)19(23)13-21-20(24)18-7-5-6-15(2)12-18/h5-12H,4,13-14H2,1-3H3,(H,21,24). The van der Waals surface area contributed by atoms with E-state index in [1.165, 1.54) is 5.56 Å². The molecule has 126 valence electrons. The van der Waals surface area contributed by atoms with Crippen molar-refractivity contribution in [3.8, 4) is 0 Å². The van der Waals surface area contributed by atoms with Gasteiger partial charge in [-0.05, 0) is 36.6 Å². The number of carbonyl (C=O) groups is 2. The first kappa shape index (κ1) is 17.7. The Labute approximate surface area is 143 Å². The highest BCUT2D eigenvalue weighted by Gasteiger charge is 2.12. The third-order valence-electron chi connectivity index (χ3n) is 3.96. The van der Waals surface area contributed by atoms with E-state index < -0.39 is 0 Å². The van der Waals surface area contributed by atoms with Crippen LogP contribution in [-0.2, 0) is 17.8 Å². The van der Waals surface area contributed by atoms with E-state index in [2.05, 4.69) is 24.4 Å². The molecule has 4 heteroatoms. The van der Waals surface area contributed by atoms with Crippen molar-refractivity contribution < 1.29 is 9.59 Å². The van der Waals surface area contributed by atoms with Gasteiger partial charge < -0.3 is 10.2 Å². The summed E-state index contributed by atoms with van der Waals surface area (Å²) < 4.78 is 0. The van der Waals surface area contributed by atoms with Gasteiger partial charge in [-0.2, -0.15) is 0 Å². The first-order valence-corrected chi connectivity index (χ1v) is 8.16. The minimum Gasteiger partial charge on any atom is -0.343 e. The zero-order valence-corrected chi connectivity index (χ0v) is 14.5. The Morgan fingerprint density at radius 2 is 1.71 bits per heavy atom. The Hall–Kier alpha value is -2.62. The van der Waals surface area contributed by atoms with Crippen LogP contribution in [0.2, 0.25) is 0 Å². The summed E-state index contributed by atoms with van der Waals surface area (Å²) in [5.41, 5.74) is 3.94. The SMILES string of the molecule is CCc1ccc(CN(C)C(=O)CNC(=O)c2cccc(C)c2)cc1. The van der Waals surface area contributed by atoms with E-state index in [-0.39, 0.29) is 18.4 Å². The maximum absolute atomic E-state index is 12.2. The largest absolute Gasteiger partial charge is 0.343 e. The Morgan fingerprint density at radius 1 is 1.04 bits per heavy atom. The lowest BCUT2D eigenvalue weighted by Gasteiger charge is -2.18. The Kier molecular flexibility index (Phi) is 6.13. The van der Waals surface area contributed by atoms with Crippen molar-refractivity contribution in [3.63, 3.8) is 0 Å². The van der Waals surface area contributed by atoms with Crippen molar-refractivity contribution in [1.29, 1.82) is 0 Å². The van der Waals surface area contributed by atoms with Gasteiger partial charge in [-0.1, -0.05) is 48.9 Å². The number of benzene rings is 2. The molecule has 2 aromatic rings. The van der Waals surface area contributed by atoms with Crippen LogP contribution in [0.5, 0.6) is 0 Å². The highest BCUT2D eigenvalue weighted by atomic mass is 16.2. The lowest BCUT2D eigenvalue weighted by molar-refractivity contribution is -0.129. The fraction of sp³-hybridized carbons (Fsp3) is 0.300. The molecule has 0 unspecified atom stereocenters. The molecular formula is C20H24N2O2. The molecule has 0 radical (unpaired) electrons. The molecule has 2 amide bonds. The van der Waals surface area contributed by atoms with Gasteiger partial charge >= 0.3 is 0 Å². The minimum atomic E-state index is -0.229. The predicted molar refractivity (Wildman–Crippen MR) is 95.8 cm³/mol. The summed E-state index contributed by atoms with van der Waals surface area (Å²) in [5, 5.41) is 2.68. The summed E-state index contributed by atoms with van der Waals surface area (Å²) in [5.74, 6) is -0.344. The fourth-order valence-electron chi connectivity index (χ4n) is 2.42. The maximum atomic E-state index is 12.2. The van der Waals surface area contributed by atoms with E-state index in [4.69, 9.17) is 0 Å². The van der Waals surface area contributed by atoms with Gasteiger partial charge in [-0.15, -0.1) is 0 Å². The number of nitrogens with zero attached hydrogens (tertiary/aromatic N) is 1. The van der Waals surface area contributed by atoms with Gasteiger partial charge in [0.25, 0.3) is 5.91 Å². The van der Waals surface area contributed by atoms with E-state index in [1.807, 2.05) is 31.2 Å². The summed E-state index contributed by atoms with van der Waals surface area (Å²) in [6.07, 6.45) is 1.00. The lowest BCUT2D eigenvalue weighted by Crippen LogP contribution is -2.37. The molecule has 0 atom stereocenters. The second kappa shape index (κ2) is 8.29. The van der Waals surface area contributed by atoms with Gasteiger partial charge in [0.05, 0.1) is 6.54 Å². The van der Waals surface area contributed by atoms with Crippen LogP contribution in [0.1, 0.15) is 34.0 Å². The smallest absolute Gasteiger partial charge is 0.251 e. The highest BCUT2D eigenvalue weighted by molar-refractivity contribution is 5.96. The first-order chi connectivity index (χ1) is 11.5. The third kappa shape index (κ3) is 4.95. The molecule has 2 rings (SSSR count). The highest BCUT2D eigenvalue weighted by Crippen LogP contribution is 2.08. The topological polar surface area (TPSA) is 49.4 Å². The number of amides is 2. The van der Waals surface area contributed by atoms with Gasteiger partial charge in [0, 0.05) is 19.2 Å². The fourth-order valence-corrected chi connectivity index (χ4v) is 2.42. The molecule has 0 spiro atoms. The van der Waals surface area contributed by atoms with Crippen LogP contribution >= 0.6 is 0 Å². The molecule has 0 heterocycles. The Balaban J connectivity index is 1.85. The number of rotatable bonds is 6. The van der Waals surface area contributed by atoms with Crippen LogP contribution in [0.4, 0.5) is 0 Å². The van der Waals surface area contributed by atoms with E-state index in [0.717, 1.165) is 17.5 Å². The normalized spacial score (nSPS) is 10.3. The summed E-state index contributed by atoms with van der Waals surface area (Å²) in [7, 11) is 1.74. The van der Waals surface area contributed by atoms with Crippen LogP contribution in [0.25, 0.3) is 0 Å². The maximum Gasteiger partial charge on any atom is 0.251 e. The average molecular weight is 324 g/mol. The number of hydrogen-bond donors (Lipinski definition) is 1. The molecule has 0 aliphatic rings. The lowest BCUT2D eigenvalue weighted by atomic mass is 10.1. The summed E-state index contributed by atoms with van der Waals surface area (Å²) in [6.45, 7) is 4.57. The van der Waals surface area contributed by atoms with Crippen molar-refractivity contribution in [2.45, 2.75) is 26.8 Å². The van der Waals surface area contributed by atoms with Crippen molar-refractivity contribution in [1.82, 2.24) is 10.2 Å². The monoisotopic (exact) mass is 324 g/mol. The first-order valence-electron chi connectivity index (χ1n) is 8.16. The molecule has 0 saturated heterocycles. The summed E-state index contributed by atoms with van der Waals surface area (Å²) in [4.78, 5) is 25.9. The molecule has 0 aromatic heterocycles. The van der Waals surface area contributed by atoms with Crippen LogP contribution < -0.4 is 5.32 Å². The van der Waals surface area contributed by atoms with E-state index in [9.17, 15) is 9.59 Å². The van der Waals surface area contributed by atoms with Crippen molar-refractivity contribution >= 4 is 11.8 Å². The molecule has 0 saturated carbocycles. The number of likely N-dealkylation sites (N-methyl/N-ethyl adjacent to an activating group) is 1. The zero-order chi connectivity index (χ0) is 17.5. The van der Waals surface area contributed by atoms with Crippen LogP contribution in [-0.4, -0.2) is 30.3 Å². The second-order valence-electron chi connectivity index (χ2n) is 5.97. The quantitative estimate of drug-likeness (QED) is 0.888. The summed E-state index contributed by atoms with van der Waals surface area (Å²) >= 11 is 0. The number of nitrogens with one attached hydrogen (secondary N) is 1. The van der Waals surface area contributed by atoms with Gasteiger partial charge in [-0.25, -0.2) is 0 Å². The molecule has 0 fully saturated rings. The molecule has 0 aliphatic heterocycles. The van der Waals surface area contributed by atoms with Crippen LogP contribution in [0.15, 0.2) is 48.5 Å². The summed E-state index contributed by atoms with van der Waals surface area (Å²) in [6, 6.07) is 15.5. The van der Waals surface area contributed by atoms with E-state index in [0.29, 0.717) is 12.1 Å². The predicted octanol–water partition coefficient (Wildman–Crippen LogP) is 2.95. The van der Waals surface area contributed by atoms with Crippen LogP contribution in [0, 0.1) is 6.92 Å². The molecule has 24 heavy (non-hydrogen) atoms. The molecule has 4 nitrogen and oxygen atoms in total. The number of aryl methyl sites for hydroxylation is 2. The molecular weight excluding hydrogens is 300 g/mol. The van der Waals surface area contributed by atoms with Crippen molar-refractivity contribution in [2.75, 3.05) is 13.6 Å².